The first-order valence-electron chi connectivity index (χ1n) is 7.03. The lowest BCUT2D eigenvalue weighted by molar-refractivity contribution is 0.0319. The molecule has 0 aliphatic rings. The van der Waals surface area contributed by atoms with E-state index < -0.39 is 0 Å². The minimum atomic E-state index is -0.227. The van der Waals surface area contributed by atoms with E-state index in [4.69, 9.17) is 4.74 Å². The summed E-state index contributed by atoms with van der Waals surface area (Å²) < 4.78 is 5.43. The number of carbonyl (C=O) groups is 1. The summed E-state index contributed by atoms with van der Waals surface area (Å²) >= 11 is 0. The molecule has 0 spiro atoms. The van der Waals surface area contributed by atoms with Gasteiger partial charge >= 0.3 is 5.97 Å². The first-order chi connectivity index (χ1) is 9.04. The molecule has 0 radical (unpaired) electrons. The van der Waals surface area contributed by atoms with Crippen LogP contribution in [0.15, 0.2) is 24.3 Å². The molecule has 0 saturated heterocycles. The number of nitrogens with zero attached hydrogens (tertiary/aromatic N) is 1. The number of rotatable bonds is 7. The smallest absolute Gasteiger partial charge is 0.338 e. The zero-order valence-electron chi connectivity index (χ0n) is 12.5. The number of unbranched alkanes of at least 4 members (excludes halogenated alkanes) is 2. The number of esters is 1. The molecule has 1 unspecified atom stereocenters. The Bertz CT molecular complexity index is 384. The van der Waals surface area contributed by atoms with Gasteiger partial charge in [-0.3, -0.25) is 0 Å². The van der Waals surface area contributed by atoms with Crippen molar-refractivity contribution in [3.63, 3.8) is 0 Å². The van der Waals surface area contributed by atoms with Crippen molar-refractivity contribution in [1.82, 2.24) is 0 Å². The SMILES string of the molecule is CCCCCC(C)OC(=O)c1ccc(N(C)C)cc1. The Morgan fingerprint density at radius 3 is 2.37 bits per heavy atom. The highest BCUT2D eigenvalue weighted by Crippen LogP contribution is 2.14. The van der Waals surface area contributed by atoms with Crippen molar-refractivity contribution in [2.45, 2.75) is 45.6 Å². The number of anilines is 1. The molecule has 0 fully saturated rings. The van der Waals surface area contributed by atoms with Crippen LogP contribution in [0.3, 0.4) is 0 Å². The predicted octanol–water partition coefficient (Wildman–Crippen LogP) is 3.88. The lowest BCUT2D eigenvalue weighted by Gasteiger charge is -2.14. The molecule has 1 rings (SSSR count). The third kappa shape index (κ3) is 5.33. The molecule has 1 aromatic rings. The fourth-order valence-corrected chi connectivity index (χ4v) is 1.89. The Hall–Kier alpha value is -1.51. The molecule has 0 amide bonds. The lowest BCUT2D eigenvalue weighted by Crippen LogP contribution is -2.15. The van der Waals surface area contributed by atoms with Crippen LogP contribution < -0.4 is 4.90 Å². The van der Waals surface area contributed by atoms with Crippen LogP contribution in [0.4, 0.5) is 5.69 Å². The van der Waals surface area contributed by atoms with E-state index in [1.54, 1.807) is 0 Å². The Morgan fingerprint density at radius 1 is 1.21 bits per heavy atom. The molecule has 19 heavy (non-hydrogen) atoms. The Balaban J connectivity index is 2.48. The van der Waals surface area contributed by atoms with Crippen LogP contribution in [0, 0.1) is 0 Å². The fourth-order valence-electron chi connectivity index (χ4n) is 1.89. The van der Waals surface area contributed by atoms with E-state index in [2.05, 4.69) is 6.92 Å². The van der Waals surface area contributed by atoms with Crippen LogP contribution in [0.2, 0.25) is 0 Å². The molecule has 1 atom stereocenters. The van der Waals surface area contributed by atoms with Crippen molar-refractivity contribution in [3.05, 3.63) is 29.8 Å². The fraction of sp³-hybridized carbons (Fsp3) is 0.562. The minimum absolute atomic E-state index is 0.00687. The second-order valence-electron chi connectivity index (χ2n) is 5.15. The van der Waals surface area contributed by atoms with Crippen LogP contribution in [0.5, 0.6) is 0 Å². The molecule has 3 heteroatoms. The largest absolute Gasteiger partial charge is 0.459 e. The summed E-state index contributed by atoms with van der Waals surface area (Å²) in [5, 5.41) is 0. The number of ether oxygens (including phenoxy) is 1. The van der Waals surface area contributed by atoms with Crippen molar-refractivity contribution < 1.29 is 9.53 Å². The van der Waals surface area contributed by atoms with Crippen molar-refractivity contribution in [2.24, 2.45) is 0 Å². The summed E-state index contributed by atoms with van der Waals surface area (Å²) in [5.74, 6) is -0.227. The maximum atomic E-state index is 11.9. The molecule has 0 aromatic heterocycles. The zero-order valence-corrected chi connectivity index (χ0v) is 12.5. The van der Waals surface area contributed by atoms with Crippen LogP contribution in [-0.4, -0.2) is 26.2 Å². The highest BCUT2D eigenvalue weighted by Gasteiger charge is 2.11. The Labute approximate surface area is 116 Å². The maximum absolute atomic E-state index is 11.9. The summed E-state index contributed by atoms with van der Waals surface area (Å²) in [7, 11) is 3.95. The van der Waals surface area contributed by atoms with Gasteiger partial charge in [0, 0.05) is 19.8 Å². The highest BCUT2D eigenvalue weighted by atomic mass is 16.5. The summed E-state index contributed by atoms with van der Waals surface area (Å²) in [5.41, 5.74) is 1.69. The average Bonchev–Trinajstić information content (AvgIpc) is 2.39. The van der Waals surface area contributed by atoms with E-state index in [0.717, 1.165) is 18.5 Å². The van der Waals surface area contributed by atoms with Crippen LogP contribution in [0.1, 0.15) is 49.9 Å². The highest BCUT2D eigenvalue weighted by molar-refractivity contribution is 5.89. The third-order valence-corrected chi connectivity index (χ3v) is 3.14. The van der Waals surface area contributed by atoms with Gasteiger partial charge < -0.3 is 9.64 Å². The van der Waals surface area contributed by atoms with Gasteiger partial charge in [-0.1, -0.05) is 19.8 Å². The normalized spacial score (nSPS) is 12.0. The van der Waals surface area contributed by atoms with E-state index in [0.29, 0.717) is 5.56 Å². The summed E-state index contributed by atoms with van der Waals surface area (Å²) in [6, 6.07) is 7.49. The van der Waals surface area contributed by atoms with Gasteiger partial charge in [0.2, 0.25) is 0 Å². The summed E-state index contributed by atoms with van der Waals surface area (Å²) in [6.45, 7) is 4.13. The molecule has 0 aliphatic heterocycles. The Kier molecular flexibility index (Phi) is 6.40. The van der Waals surface area contributed by atoms with E-state index in [-0.39, 0.29) is 12.1 Å². The molecule has 0 saturated carbocycles. The Morgan fingerprint density at radius 2 is 1.84 bits per heavy atom. The predicted molar refractivity (Wildman–Crippen MR) is 79.8 cm³/mol. The van der Waals surface area contributed by atoms with Gasteiger partial charge in [-0.05, 0) is 44.0 Å². The maximum Gasteiger partial charge on any atom is 0.338 e. The van der Waals surface area contributed by atoms with Gasteiger partial charge in [-0.25, -0.2) is 4.79 Å². The molecule has 0 N–H and O–H groups in total. The van der Waals surface area contributed by atoms with Crippen molar-refractivity contribution >= 4 is 11.7 Å². The number of benzene rings is 1. The van der Waals surface area contributed by atoms with E-state index >= 15 is 0 Å². The number of carbonyl (C=O) groups excluding carboxylic acids is 1. The molecular formula is C16H25NO2. The standard InChI is InChI=1S/C16H25NO2/c1-5-6-7-8-13(2)19-16(18)14-9-11-15(12-10-14)17(3)4/h9-13H,5-8H2,1-4H3. The van der Waals surface area contributed by atoms with Gasteiger partial charge in [0.15, 0.2) is 0 Å². The molecule has 1 aromatic carbocycles. The van der Waals surface area contributed by atoms with Crippen molar-refractivity contribution in [2.75, 3.05) is 19.0 Å². The average molecular weight is 263 g/mol. The van der Waals surface area contributed by atoms with Gasteiger partial charge in [0.1, 0.15) is 0 Å². The number of hydrogen-bond donors (Lipinski definition) is 0. The quantitative estimate of drug-likeness (QED) is 0.552. The molecule has 0 bridgehead atoms. The first-order valence-corrected chi connectivity index (χ1v) is 7.03. The van der Waals surface area contributed by atoms with Crippen LogP contribution in [-0.2, 0) is 4.74 Å². The van der Waals surface area contributed by atoms with Gasteiger partial charge in [0.25, 0.3) is 0 Å². The molecule has 0 aliphatic carbocycles. The molecule has 0 heterocycles. The van der Waals surface area contributed by atoms with Gasteiger partial charge in [-0.15, -0.1) is 0 Å². The van der Waals surface area contributed by atoms with Gasteiger partial charge in [-0.2, -0.15) is 0 Å². The summed E-state index contributed by atoms with van der Waals surface area (Å²) in [6.07, 6.45) is 4.43. The van der Waals surface area contributed by atoms with Crippen LogP contribution >= 0.6 is 0 Å². The molecular weight excluding hydrogens is 238 g/mol. The van der Waals surface area contributed by atoms with Crippen LogP contribution in [0.25, 0.3) is 0 Å². The van der Waals surface area contributed by atoms with E-state index in [1.165, 1.54) is 12.8 Å². The lowest BCUT2D eigenvalue weighted by atomic mass is 10.1. The van der Waals surface area contributed by atoms with Crippen molar-refractivity contribution in [1.29, 1.82) is 0 Å². The second-order valence-corrected chi connectivity index (χ2v) is 5.15. The third-order valence-electron chi connectivity index (χ3n) is 3.14. The first kappa shape index (κ1) is 15.5. The molecule has 3 nitrogen and oxygen atoms in total. The summed E-state index contributed by atoms with van der Waals surface area (Å²) in [4.78, 5) is 13.9. The second kappa shape index (κ2) is 7.82. The van der Waals surface area contributed by atoms with Gasteiger partial charge in [0.05, 0.1) is 11.7 Å². The number of hydrogen-bond acceptors (Lipinski definition) is 3. The minimum Gasteiger partial charge on any atom is -0.459 e. The monoisotopic (exact) mass is 263 g/mol. The molecule has 106 valence electrons. The zero-order chi connectivity index (χ0) is 14.3. The van der Waals surface area contributed by atoms with E-state index in [1.807, 2.05) is 50.2 Å². The van der Waals surface area contributed by atoms with E-state index in [9.17, 15) is 4.79 Å². The topological polar surface area (TPSA) is 29.5 Å². The van der Waals surface area contributed by atoms with Crippen molar-refractivity contribution in [3.8, 4) is 0 Å².